The summed E-state index contributed by atoms with van der Waals surface area (Å²) in [4.78, 5) is 39.4. The Morgan fingerprint density at radius 3 is 0.970 bits per heavy atom. The van der Waals surface area contributed by atoms with Gasteiger partial charge in [0.1, 0.15) is 29.6 Å². The molecular weight excluding hydrogens is 1450 g/mol. The summed E-state index contributed by atoms with van der Waals surface area (Å²) in [5.41, 5.74) is -0.0561. The van der Waals surface area contributed by atoms with Gasteiger partial charge in [-0.05, 0) is 98.8 Å². The highest BCUT2D eigenvalue weighted by atomic mass is 19.4. The lowest BCUT2D eigenvalue weighted by Gasteiger charge is -2.41. The summed E-state index contributed by atoms with van der Waals surface area (Å²) in [6.45, 7) is 1.53. The monoisotopic (exact) mass is 1520 g/mol. The maximum absolute atomic E-state index is 14.2. The van der Waals surface area contributed by atoms with Gasteiger partial charge in [0.25, 0.3) is 0 Å². The van der Waals surface area contributed by atoms with Crippen molar-refractivity contribution >= 4 is 17.9 Å². The van der Waals surface area contributed by atoms with Crippen LogP contribution in [0.25, 0.3) is 0 Å². The molecule has 0 aliphatic carbocycles. The van der Waals surface area contributed by atoms with E-state index in [0.29, 0.717) is 6.42 Å². The van der Waals surface area contributed by atoms with E-state index in [1.807, 2.05) is 0 Å². The Morgan fingerprint density at radius 2 is 0.614 bits per heavy atom. The molecule has 0 saturated heterocycles. The SMILES string of the molecule is CCCCCCCCCCCC(=O)OCc1cc(OC(=O)c2ccc(OCCCCCCCCC(F)(F)C(F)(F)C(F)(F)C(F)(F)C(F)(F)C(F)(F)C(F)(F)F)cc2)ccc1OC(=O)c1ccc(OCCCCCCCCC(F)(F)C(F)(F)C(F)(F)C(F)(F)C(F)(F)C(F)(F)C(F)(F)F)cc1. The van der Waals surface area contributed by atoms with Crippen molar-refractivity contribution in [1.29, 1.82) is 0 Å². The fourth-order valence-corrected chi connectivity index (χ4v) is 9.35. The minimum absolute atomic E-state index is 0.0392. The van der Waals surface area contributed by atoms with Crippen LogP contribution in [-0.2, 0) is 16.1 Å². The Kier molecular flexibility index (Phi) is 31.1. The highest BCUT2D eigenvalue weighted by molar-refractivity contribution is 5.92. The van der Waals surface area contributed by atoms with Crippen molar-refractivity contribution in [2.24, 2.45) is 0 Å². The first-order valence-corrected chi connectivity index (χ1v) is 31.1. The van der Waals surface area contributed by atoms with Gasteiger partial charge in [-0.1, -0.05) is 110 Å². The molecule has 0 N–H and O–H groups in total. The van der Waals surface area contributed by atoms with Crippen molar-refractivity contribution in [1.82, 2.24) is 0 Å². The fourth-order valence-electron chi connectivity index (χ4n) is 9.35. The van der Waals surface area contributed by atoms with Crippen LogP contribution >= 0.6 is 0 Å². The van der Waals surface area contributed by atoms with Gasteiger partial charge in [0, 0.05) is 24.8 Å². The molecule has 3 rings (SSSR count). The van der Waals surface area contributed by atoms with Crippen LogP contribution < -0.4 is 18.9 Å². The van der Waals surface area contributed by atoms with E-state index in [0.717, 1.165) is 51.4 Å². The number of rotatable bonds is 46. The third kappa shape index (κ3) is 21.2. The van der Waals surface area contributed by atoms with Gasteiger partial charge in [-0.2, -0.15) is 132 Å². The van der Waals surface area contributed by atoms with Gasteiger partial charge in [0.15, 0.2) is 0 Å². The number of carbonyl (C=O) groups excluding carboxylic acids is 3. The highest BCUT2D eigenvalue weighted by Gasteiger charge is 2.94. The molecule has 0 aliphatic heterocycles. The normalized spacial score (nSPS) is 13.9. The van der Waals surface area contributed by atoms with E-state index in [9.17, 15) is 146 Å². The van der Waals surface area contributed by atoms with Gasteiger partial charge in [-0.15, -0.1) is 0 Å². The zero-order valence-electron chi connectivity index (χ0n) is 53.0. The molecule has 0 aliphatic rings. The summed E-state index contributed by atoms with van der Waals surface area (Å²) >= 11 is 0. The van der Waals surface area contributed by atoms with E-state index in [1.54, 1.807) is 0 Å². The molecule has 38 heteroatoms. The van der Waals surface area contributed by atoms with Crippen molar-refractivity contribution < 1.29 is 170 Å². The van der Waals surface area contributed by atoms with Gasteiger partial charge in [0.05, 0.1) is 24.3 Å². The number of hydrogen-bond acceptors (Lipinski definition) is 8. The van der Waals surface area contributed by atoms with Crippen LogP contribution in [0.15, 0.2) is 66.7 Å². The first-order chi connectivity index (χ1) is 46.2. The number of benzene rings is 3. The summed E-state index contributed by atoms with van der Waals surface area (Å²) in [5.74, 6) is -95.9. The molecule has 0 radical (unpaired) electrons. The van der Waals surface area contributed by atoms with E-state index >= 15 is 0 Å². The van der Waals surface area contributed by atoms with Crippen LogP contribution in [0.3, 0.4) is 0 Å². The van der Waals surface area contributed by atoms with Crippen molar-refractivity contribution in [3.05, 3.63) is 83.4 Å². The van der Waals surface area contributed by atoms with Crippen LogP contribution in [-0.4, -0.2) is 115 Å². The van der Waals surface area contributed by atoms with Gasteiger partial charge in [-0.25, -0.2) is 9.59 Å². The number of esters is 3. The number of halogens is 30. The molecule has 0 unspecified atom stereocenters. The Bertz CT molecular complexity index is 3060. The Morgan fingerprint density at radius 1 is 0.317 bits per heavy atom. The van der Waals surface area contributed by atoms with E-state index in [-0.39, 0.29) is 111 Å². The minimum atomic E-state index is -8.35. The van der Waals surface area contributed by atoms with Crippen molar-refractivity contribution in [3.8, 4) is 23.0 Å². The van der Waals surface area contributed by atoms with Crippen LogP contribution in [0.5, 0.6) is 23.0 Å². The second kappa shape index (κ2) is 35.4. The molecule has 0 bridgehead atoms. The largest absolute Gasteiger partial charge is 0.494 e. The third-order valence-electron chi connectivity index (χ3n) is 15.6. The van der Waals surface area contributed by atoms with E-state index < -0.39 is 146 Å². The molecule has 0 saturated carbocycles. The summed E-state index contributed by atoms with van der Waals surface area (Å²) in [6.07, 6.45) is -14.0. The molecule has 8 nitrogen and oxygen atoms in total. The lowest BCUT2D eigenvalue weighted by Crippen LogP contribution is -2.72. The first kappa shape index (κ1) is 88.8. The zero-order valence-corrected chi connectivity index (χ0v) is 53.0. The fraction of sp³-hybridized carbons (Fsp3) is 0.667. The van der Waals surface area contributed by atoms with Gasteiger partial charge >= 0.3 is 101 Å². The van der Waals surface area contributed by atoms with Crippen LogP contribution in [0.2, 0.25) is 0 Å². The second-order valence-electron chi connectivity index (χ2n) is 23.4. The van der Waals surface area contributed by atoms with Gasteiger partial charge < -0.3 is 23.7 Å². The molecule has 578 valence electrons. The van der Waals surface area contributed by atoms with Crippen molar-refractivity contribution in [2.75, 3.05) is 13.2 Å². The van der Waals surface area contributed by atoms with Crippen LogP contribution in [0, 0.1) is 0 Å². The van der Waals surface area contributed by atoms with Crippen LogP contribution in [0.4, 0.5) is 132 Å². The van der Waals surface area contributed by atoms with Gasteiger partial charge in [-0.3, -0.25) is 4.79 Å². The maximum Gasteiger partial charge on any atom is 0.460 e. The zero-order chi connectivity index (χ0) is 77.2. The average Bonchev–Trinajstić information content (AvgIpc) is 0.709. The molecule has 0 aromatic heterocycles. The lowest BCUT2D eigenvalue weighted by atomic mass is 9.89. The van der Waals surface area contributed by atoms with E-state index in [1.165, 1.54) is 66.7 Å². The quantitative estimate of drug-likeness (QED) is 0.0239. The predicted octanol–water partition coefficient (Wildman–Crippen LogP) is 23.1. The summed E-state index contributed by atoms with van der Waals surface area (Å²) in [5, 5.41) is 0. The standard InChI is InChI=1S/C63H68F30O8/c1-2-3-4-5-6-7-8-13-18-23-47(94)99-39-42-38-45(100-48(95)40-24-28-43(29-25-40)97-36-21-16-11-9-14-19-34-50(64,65)52(68,69)54(72,73)56(76,77)58(80,81)60(84,85)62(88,89)90)32-33-46(42)101-49(96)41-26-30-44(31-27-41)98-37-22-17-12-10-15-20-35-51(66,67)53(70,71)55(74,75)57(78,79)59(82,83)61(86,87)63(91,92)93/h24-33,38H,2-23,34-37,39H2,1H3. The number of unbranched alkanes of at least 4 members (excludes halogenated alkanes) is 18. The number of alkyl halides is 30. The average molecular weight is 1520 g/mol. The Balaban J connectivity index is 1.54. The molecule has 0 atom stereocenters. The number of carbonyl (C=O) groups is 3. The molecule has 0 heterocycles. The molecule has 101 heavy (non-hydrogen) atoms. The second-order valence-corrected chi connectivity index (χ2v) is 23.4. The first-order valence-electron chi connectivity index (χ1n) is 31.1. The molecule has 3 aromatic rings. The predicted molar refractivity (Wildman–Crippen MR) is 298 cm³/mol. The number of hydrogen-bond donors (Lipinski definition) is 0. The molecule has 3 aromatic carbocycles. The lowest BCUT2D eigenvalue weighted by molar-refractivity contribution is -0.452. The minimum Gasteiger partial charge on any atom is -0.494 e. The molecule has 0 fully saturated rings. The summed E-state index contributed by atoms with van der Waals surface area (Å²) < 4.78 is 432. The van der Waals surface area contributed by atoms with E-state index in [4.69, 9.17) is 23.7 Å². The highest BCUT2D eigenvalue weighted by Crippen LogP contribution is 2.65. The smallest absolute Gasteiger partial charge is 0.460 e. The summed E-state index contributed by atoms with van der Waals surface area (Å²) in [7, 11) is 0. The molecular formula is C63H68F30O8. The molecule has 0 spiro atoms. The third-order valence-corrected chi connectivity index (χ3v) is 15.6. The van der Waals surface area contributed by atoms with Crippen molar-refractivity contribution in [2.45, 2.75) is 251 Å². The Hall–Kier alpha value is -6.43. The van der Waals surface area contributed by atoms with Crippen molar-refractivity contribution in [3.63, 3.8) is 0 Å². The molecule has 0 amide bonds. The van der Waals surface area contributed by atoms with Gasteiger partial charge in [0.2, 0.25) is 0 Å². The van der Waals surface area contributed by atoms with E-state index in [2.05, 4.69) is 6.92 Å². The maximum atomic E-state index is 14.2. The number of ether oxygens (including phenoxy) is 5. The van der Waals surface area contributed by atoms with Crippen LogP contribution in [0.1, 0.15) is 187 Å². The topological polar surface area (TPSA) is 97.4 Å². The Labute approximate surface area is 557 Å². The summed E-state index contributed by atoms with van der Waals surface area (Å²) in [6, 6.07) is 14.1.